The molecule has 40 heavy (non-hydrogen) atoms. The van der Waals surface area contributed by atoms with Crippen LogP contribution in [0.4, 0.5) is 5.00 Å². The van der Waals surface area contributed by atoms with E-state index in [0.29, 0.717) is 38.9 Å². The molecule has 4 rings (SSSR count). The molecule has 1 N–H and O–H groups in total. The number of halogens is 1. The molecule has 0 fully saturated rings. The second-order valence-electron chi connectivity index (χ2n) is 9.26. The van der Waals surface area contributed by atoms with Crippen LogP contribution in [0, 0.1) is 20.8 Å². The van der Waals surface area contributed by atoms with Crippen LogP contribution >= 0.6 is 34.7 Å². The van der Waals surface area contributed by atoms with E-state index in [2.05, 4.69) is 15.5 Å². The lowest BCUT2D eigenvalue weighted by atomic mass is 9.97. The summed E-state index contributed by atoms with van der Waals surface area (Å²) >= 11 is 8.70. The molecule has 1 unspecified atom stereocenters. The number of nitrogens with zero attached hydrogens (tertiary/aromatic N) is 3. The molecule has 0 spiro atoms. The molecule has 0 saturated heterocycles. The first-order valence-electron chi connectivity index (χ1n) is 12.7. The van der Waals surface area contributed by atoms with Gasteiger partial charge in [-0.1, -0.05) is 47.1 Å². The zero-order valence-corrected chi connectivity index (χ0v) is 25.6. The summed E-state index contributed by atoms with van der Waals surface area (Å²) in [5.74, 6) is 0.660. The molecule has 1 atom stereocenters. The van der Waals surface area contributed by atoms with E-state index in [1.807, 2.05) is 74.9 Å². The molecular formula is C29H31ClN4O4S2. The summed E-state index contributed by atoms with van der Waals surface area (Å²) in [6.45, 7) is 10.4. The number of carbonyl (C=O) groups excluding carboxylic acids is 2. The molecule has 0 saturated carbocycles. The van der Waals surface area contributed by atoms with Gasteiger partial charge in [0.05, 0.1) is 12.9 Å². The van der Waals surface area contributed by atoms with Gasteiger partial charge in [-0.15, -0.1) is 21.5 Å². The molecule has 2 heterocycles. The number of esters is 1. The minimum absolute atomic E-state index is 0.0844. The first kappa shape index (κ1) is 29.6. The molecule has 1 amide bonds. The Balaban J connectivity index is 1.47. The van der Waals surface area contributed by atoms with E-state index in [1.165, 1.54) is 30.2 Å². The smallest absolute Gasteiger partial charge is 0.341 e. The number of anilines is 1. The molecular weight excluding hydrogens is 568 g/mol. The zero-order valence-electron chi connectivity index (χ0n) is 23.2. The Kier molecular flexibility index (Phi) is 9.55. The van der Waals surface area contributed by atoms with Crippen molar-refractivity contribution in [2.45, 2.75) is 52.4 Å². The third kappa shape index (κ3) is 6.51. The summed E-state index contributed by atoms with van der Waals surface area (Å²) in [4.78, 5) is 25.7. The summed E-state index contributed by atoms with van der Waals surface area (Å²) in [5, 5.41) is 15.1. The van der Waals surface area contributed by atoms with Crippen LogP contribution in [0.15, 0.2) is 46.9 Å². The number of amides is 1. The maximum absolute atomic E-state index is 13.0. The molecule has 210 valence electrons. The largest absolute Gasteiger partial charge is 0.483 e. The van der Waals surface area contributed by atoms with E-state index >= 15 is 0 Å². The van der Waals surface area contributed by atoms with Crippen molar-refractivity contribution >= 4 is 51.6 Å². The average Bonchev–Trinajstić information content (AvgIpc) is 3.54. The second kappa shape index (κ2) is 12.9. The van der Waals surface area contributed by atoms with Gasteiger partial charge in [0, 0.05) is 22.5 Å². The number of carbonyl (C=O) groups is 2. The normalized spacial score (nSPS) is 11.8. The number of ether oxygens (including phenoxy) is 2. The monoisotopic (exact) mass is 598 g/mol. The molecule has 11 heteroatoms. The van der Waals surface area contributed by atoms with Crippen molar-refractivity contribution in [2.75, 3.05) is 18.2 Å². The van der Waals surface area contributed by atoms with Crippen LogP contribution in [0.1, 0.15) is 52.8 Å². The van der Waals surface area contributed by atoms with Crippen LogP contribution in [0.5, 0.6) is 5.75 Å². The van der Waals surface area contributed by atoms with Crippen LogP contribution in [-0.4, -0.2) is 39.5 Å². The van der Waals surface area contributed by atoms with Gasteiger partial charge in [-0.3, -0.25) is 4.79 Å². The summed E-state index contributed by atoms with van der Waals surface area (Å²) in [6.07, 6.45) is -0.367. The molecule has 0 aliphatic rings. The zero-order chi connectivity index (χ0) is 29.0. The molecule has 0 radical (unpaired) electrons. The molecule has 0 aliphatic heterocycles. The number of methoxy groups -OCH3 is 1. The Morgan fingerprint density at radius 2 is 1.88 bits per heavy atom. The molecule has 8 nitrogen and oxygen atoms in total. The Morgan fingerprint density at radius 1 is 1.10 bits per heavy atom. The number of aryl methyl sites for hydroxylation is 3. The topological polar surface area (TPSA) is 95.3 Å². The highest BCUT2D eigenvalue weighted by atomic mass is 35.5. The number of hydrogen-bond donors (Lipinski definition) is 1. The fraction of sp³-hybridized carbons (Fsp3) is 0.310. The van der Waals surface area contributed by atoms with Gasteiger partial charge in [-0.05, 0) is 69.5 Å². The Morgan fingerprint density at radius 3 is 2.58 bits per heavy atom. The summed E-state index contributed by atoms with van der Waals surface area (Å²) in [7, 11) is 1.34. The minimum Gasteiger partial charge on any atom is -0.483 e. The lowest BCUT2D eigenvalue weighted by Crippen LogP contribution is -2.17. The summed E-state index contributed by atoms with van der Waals surface area (Å²) in [6, 6.07) is 11.6. The maximum atomic E-state index is 13.0. The number of benzene rings is 2. The predicted octanol–water partition coefficient (Wildman–Crippen LogP) is 7.26. The van der Waals surface area contributed by atoms with E-state index < -0.39 is 5.97 Å². The number of hydrogen-bond acceptors (Lipinski definition) is 8. The summed E-state index contributed by atoms with van der Waals surface area (Å²) in [5.41, 5.74) is 5.05. The van der Waals surface area contributed by atoms with Gasteiger partial charge in [0.15, 0.2) is 17.1 Å². The average molecular weight is 599 g/mol. The Hall–Kier alpha value is -3.34. The van der Waals surface area contributed by atoms with Crippen LogP contribution < -0.4 is 10.1 Å². The third-order valence-electron chi connectivity index (χ3n) is 6.32. The number of nitrogens with one attached hydrogen (secondary N) is 1. The van der Waals surface area contributed by atoms with E-state index in [0.717, 1.165) is 27.8 Å². The number of thiophene rings is 1. The highest BCUT2D eigenvalue weighted by molar-refractivity contribution is 7.99. The van der Waals surface area contributed by atoms with Gasteiger partial charge >= 0.3 is 5.97 Å². The van der Waals surface area contributed by atoms with E-state index in [1.54, 1.807) is 6.07 Å². The van der Waals surface area contributed by atoms with E-state index in [4.69, 9.17) is 21.1 Å². The van der Waals surface area contributed by atoms with Crippen molar-refractivity contribution in [3.8, 4) is 16.9 Å². The van der Waals surface area contributed by atoms with Crippen LogP contribution in [0.2, 0.25) is 5.02 Å². The molecule has 0 aliphatic carbocycles. The maximum Gasteiger partial charge on any atom is 0.341 e. The van der Waals surface area contributed by atoms with Crippen molar-refractivity contribution in [1.29, 1.82) is 0 Å². The van der Waals surface area contributed by atoms with Crippen LogP contribution in [0.25, 0.3) is 11.1 Å². The van der Waals surface area contributed by atoms with Crippen molar-refractivity contribution < 1.29 is 19.1 Å². The Labute approximate surface area is 247 Å². The molecule has 0 bridgehead atoms. The highest BCUT2D eigenvalue weighted by Gasteiger charge is 2.24. The van der Waals surface area contributed by atoms with Gasteiger partial charge in [0.1, 0.15) is 16.3 Å². The third-order valence-corrected chi connectivity index (χ3v) is 8.60. The van der Waals surface area contributed by atoms with Crippen molar-refractivity contribution in [3.05, 3.63) is 74.9 Å². The van der Waals surface area contributed by atoms with Crippen molar-refractivity contribution in [1.82, 2.24) is 14.8 Å². The van der Waals surface area contributed by atoms with Crippen molar-refractivity contribution in [3.63, 3.8) is 0 Å². The Bertz CT molecular complexity index is 1550. The number of aromatic nitrogens is 3. The second-order valence-corrected chi connectivity index (χ2v) is 11.5. The molecule has 2 aromatic heterocycles. The molecule has 4 aromatic rings. The van der Waals surface area contributed by atoms with Crippen LogP contribution in [-0.2, 0) is 16.1 Å². The lowest BCUT2D eigenvalue weighted by Gasteiger charge is -2.16. The lowest BCUT2D eigenvalue weighted by molar-refractivity contribution is -0.113. The highest BCUT2D eigenvalue weighted by Crippen LogP contribution is 2.38. The summed E-state index contributed by atoms with van der Waals surface area (Å²) < 4.78 is 13.1. The van der Waals surface area contributed by atoms with Crippen molar-refractivity contribution in [2.24, 2.45) is 0 Å². The van der Waals surface area contributed by atoms with E-state index in [9.17, 15) is 9.59 Å². The molecule has 2 aromatic carbocycles. The number of rotatable bonds is 10. The standard InChI is InChI=1S/C29H31ClN4O4S2/c1-7-34-26(19(5)38-20-10-11-23(30)18(4)13-20)32-33-29(34)40-15-24(35)31-27-25(28(36)37-6)22(14-39-27)21-12-16(2)8-9-17(21)3/h8-14,19H,7,15H2,1-6H3,(H,31,35). The first-order valence-corrected chi connectivity index (χ1v) is 14.9. The number of thioether (sulfide) groups is 1. The minimum atomic E-state index is -0.500. The van der Waals surface area contributed by atoms with Gasteiger partial charge in [-0.2, -0.15) is 0 Å². The predicted molar refractivity (Wildman–Crippen MR) is 161 cm³/mol. The fourth-order valence-corrected chi connectivity index (χ4v) is 6.12. The first-order chi connectivity index (χ1) is 19.1. The van der Waals surface area contributed by atoms with Gasteiger partial charge < -0.3 is 19.4 Å². The van der Waals surface area contributed by atoms with E-state index in [-0.39, 0.29) is 17.8 Å². The fourth-order valence-electron chi connectivity index (χ4n) is 4.22. The quantitative estimate of drug-likeness (QED) is 0.152. The SMILES string of the molecule is CCn1c(SCC(=O)Nc2scc(-c3cc(C)ccc3C)c2C(=O)OC)nnc1C(C)Oc1ccc(Cl)c(C)c1. The van der Waals surface area contributed by atoms with Gasteiger partial charge in [-0.25, -0.2) is 4.79 Å². The van der Waals surface area contributed by atoms with Gasteiger partial charge in [0.25, 0.3) is 0 Å². The van der Waals surface area contributed by atoms with Gasteiger partial charge in [0.2, 0.25) is 5.91 Å². The van der Waals surface area contributed by atoms with Crippen LogP contribution in [0.3, 0.4) is 0 Å².